The highest BCUT2D eigenvalue weighted by Gasteiger charge is 2.34. The summed E-state index contributed by atoms with van der Waals surface area (Å²) >= 11 is 0. The number of benzene rings is 2. The van der Waals surface area contributed by atoms with E-state index < -0.39 is 17.6 Å². The van der Waals surface area contributed by atoms with E-state index in [4.69, 9.17) is 0 Å². The third kappa shape index (κ3) is 3.17. The maximum absolute atomic E-state index is 12.9. The highest BCUT2D eigenvalue weighted by molar-refractivity contribution is 6.04. The Bertz CT molecular complexity index is 621. The molecule has 5 heteroatoms. The fourth-order valence-electron chi connectivity index (χ4n) is 1.79. The van der Waals surface area contributed by atoms with E-state index in [1.54, 1.807) is 25.1 Å². The summed E-state index contributed by atoms with van der Waals surface area (Å²) in [5.41, 5.74) is -0.296. The summed E-state index contributed by atoms with van der Waals surface area (Å²) in [6, 6.07) is 11.9. The summed E-state index contributed by atoms with van der Waals surface area (Å²) in [5.74, 6) is -0.569. The van der Waals surface area contributed by atoms with Crippen LogP contribution in [0.5, 0.6) is 0 Å². The van der Waals surface area contributed by atoms with Crippen LogP contribution >= 0.6 is 0 Å². The van der Waals surface area contributed by atoms with E-state index >= 15 is 0 Å². The number of nitrogens with one attached hydrogen (secondary N) is 1. The summed E-state index contributed by atoms with van der Waals surface area (Å²) in [7, 11) is 0. The predicted molar refractivity (Wildman–Crippen MR) is 70.6 cm³/mol. The molecule has 0 aliphatic carbocycles. The number of carbonyl (C=O) groups excluding carboxylic acids is 1. The van der Waals surface area contributed by atoms with Crippen molar-refractivity contribution in [3.05, 3.63) is 65.2 Å². The maximum atomic E-state index is 12.9. The molecule has 0 aliphatic rings. The molecule has 0 fully saturated rings. The quantitative estimate of drug-likeness (QED) is 0.874. The first-order chi connectivity index (χ1) is 9.38. The van der Waals surface area contributed by atoms with Crippen molar-refractivity contribution in [2.24, 2.45) is 0 Å². The molecule has 0 heterocycles. The summed E-state index contributed by atoms with van der Waals surface area (Å²) in [4.78, 5) is 11.9. The van der Waals surface area contributed by atoms with Crippen molar-refractivity contribution in [3.8, 4) is 0 Å². The molecule has 2 nitrogen and oxygen atoms in total. The Morgan fingerprint density at radius 2 is 1.70 bits per heavy atom. The van der Waals surface area contributed by atoms with Crippen LogP contribution in [0.2, 0.25) is 0 Å². The molecular formula is C15H12F3NO. The van der Waals surface area contributed by atoms with Crippen molar-refractivity contribution in [3.63, 3.8) is 0 Å². The zero-order valence-corrected chi connectivity index (χ0v) is 10.7. The molecule has 0 unspecified atom stereocenters. The van der Waals surface area contributed by atoms with Crippen molar-refractivity contribution in [2.75, 3.05) is 5.32 Å². The molecule has 0 aliphatic heterocycles. The highest BCUT2D eigenvalue weighted by Crippen LogP contribution is 2.35. The molecule has 20 heavy (non-hydrogen) atoms. The fraction of sp³-hybridized carbons (Fsp3) is 0.133. The fourth-order valence-corrected chi connectivity index (χ4v) is 1.79. The second-order valence-electron chi connectivity index (χ2n) is 4.37. The molecule has 0 radical (unpaired) electrons. The van der Waals surface area contributed by atoms with E-state index in [2.05, 4.69) is 5.32 Å². The lowest BCUT2D eigenvalue weighted by molar-refractivity contribution is -0.136. The lowest BCUT2D eigenvalue weighted by Gasteiger charge is -2.14. The Morgan fingerprint density at radius 1 is 1.05 bits per heavy atom. The average Bonchev–Trinajstić information content (AvgIpc) is 2.40. The summed E-state index contributed by atoms with van der Waals surface area (Å²) < 4.78 is 38.8. The van der Waals surface area contributed by atoms with Crippen LogP contribution in [0.3, 0.4) is 0 Å². The Kier molecular flexibility index (Phi) is 3.79. The van der Waals surface area contributed by atoms with Gasteiger partial charge in [0.05, 0.1) is 11.3 Å². The Labute approximate surface area is 114 Å². The number of anilines is 1. The van der Waals surface area contributed by atoms with Gasteiger partial charge in [0.25, 0.3) is 5.91 Å². The van der Waals surface area contributed by atoms with Crippen LogP contribution in [0.15, 0.2) is 48.5 Å². The third-order valence-electron chi connectivity index (χ3n) is 2.76. The molecule has 104 valence electrons. The number of amides is 1. The topological polar surface area (TPSA) is 29.1 Å². The number of halogens is 3. The van der Waals surface area contributed by atoms with Gasteiger partial charge in [-0.2, -0.15) is 13.2 Å². The van der Waals surface area contributed by atoms with Crippen LogP contribution in [0.25, 0.3) is 0 Å². The molecule has 1 N–H and O–H groups in total. The molecule has 0 bridgehead atoms. The van der Waals surface area contributed by atoms with E-state index in [-0.39, 0.29) is 5.69 Å². The smallest absolute Gasteiger partial charge is 0.321 e. The van der Waals surface area contributed by atoms with Gasteiger partial charge in [-0.3, -0.25) is 4.79 Å². The third-order valence-corrected chi connectivity index (χ3v) is 2.76. The number of alkyl halides is 3. The van der Waals surface area contributed by atoms with Gasteiger partial charge in [0.15, 0.2) is 0 Å². The maximum Gasteiger partial charge on any atom is 0.418 e. The number of rotatable bonds is 2. The zero-order valence-electron chi connectivity index (χ0n) is 10.7. The van der Waals surface area contributed by atoms with Gasteiger partial charge in [-0.15, -0.1) is 0 Å². The number of carbonyl (C=O) groups is 1. The van der Waals surface area contributed by atoms with Crippen LogP contribution in [-0.2, 0) is 6.18 Å². The first kappa shape index (κ1) is 14.1. The lowest BCUT2D eigenvalue weighted by Crippen LogP contribution is -2.16. The molecule has 0 saturated heterocycles. The summed E-state index contributed by atoms with van der Waals surface area (Å²) in [6.45, 7) is 1.57. The van der Waals surface area contributed by atoms with Crippen LogP contribution in [0, 0.1) is 6.92 Å². The molecule has 0 atom stereocenters. The van der Waals surface area contributed by atoms with E-state index in [1.165, 1.54) is 24.3 Å². The van der Waals surface area contributed by atoms with Gasteiger partial charge < -0.3 is 5.32 Å². The zero-order chi connectivity index (χ0) is 14.8. The van der Waals surface area contributed by atoms with Crippen LogP contribution in [0.1, 0.15) is 21.5 Å². The average molecular weight is 279 g/mol. The Hall–Kier alpha value is -2.30. The van der Waals surface area contributed by atoms with Crippen LogP contribution in [-0.4, -0.2) is 5.91 Å². The monoisotopic (exact) mass is 279 g/mol. The second kappa shape index (κ2) is 5.36. The SMILES string of the molecule is Cc1ccc(NC(=O)c2ccccc2)c(C(F)(F)F)c1. The molecule has 0 aromatic heterocycles. The van der Waals surface area contributed by atoms with E-state index in [1.807, 2.05) is 0 Å². The highest BCUT2D eigenvalue weighted by atomic mass is 19.4. The number of aryl methyl sites for hydroxylation is 1. The minimum atomic E-state index is -4.51. The lowest BCUT2D eigenvalue weighted by atomic mass is 10.1. The van der Waals surface area contributed by atoms with Gasteiger partial charge in [0.1, 0.15) is 0 Å². The van der Waals surface area contributed by atoms with E-state index in [0.717, 1.165) is 6.07 Å². The first-order valence-electron chi connectivity index (χ1n) is 5.92. The molecule has 2 aromatic rings. The standard InChI is InChI=1S/C15H12F3NO/c1-10-7-8-13(12(9-10)15(16,17)18)19-14(20)11-5-3-2-4-6-11/h2-9H,1H3,(H,19,20). The van der Waals surface area contributed by atoms with Crippen LogP contribution < -0.4 is 5.32 Å². The Morgan fingerprint density at radius 3 is 2.30 bits per heavy atom. The molecule has 0 spiro atoms. The first-order valence-corrected chi connectivity index (χ1v) is 5.92. The van der Waals surface area contributed by atoms with Gasteiger partial charge in [-0.25, -0.2) is 0 Å². The number of hydrogen-bond donors (Lipinski definition) is 1. The molecule has 2 aromatic carbocycles. The van der Waals surface area contributed by atoms with Gasteiger partial charge in [-0.1, -0.05) is 29.8 Å². The second-order valence-corrected chi connectivity index (χ2v) is 4.37. The molecule has 2 rings (SSSR count). The molecule has 0 saturated carbocycles. The minimum Gasteiger partial charge on any atom is -0.321 e. The van der Waals surface area contributed by atoms with Gasteiger partial charge in [0, 0.05) is 5.56 Å². The predicted octanol–water partition coefficient (Wildman–Crippen LogP) is 4.27. The molecule has 1 amide bonds. The van der Waals surface area contributed by atoms with Crippen molar-refractivity contribution in [1.29, 1.82) is 0 Å². The summed E-state index contributed by atoms with van der Waals surface area (Å²) in [5, 5.41) is 2.30. The summed E-state index contributed by atoms with van der Waals surface area (Å²) in [6.07, 6.45) is -4.51. The minimum absolute atomic E-state index is 0.239. The Balaban J connectivity index is 2.33. The van der Waals surface area contributed by atoms with Crippen LogP contribution in [0.4, 0.5) is 18.9 Å². The van der Waals surface area contributed by atoms with Gasteiger partial charge >= 0.3 is 6.18 Å². The number of hydrogen-bond acceptors (Lipinski definition) is 1. The van der Waals surface area contributed by atoms with Gasteiger partial charge in [0.2, 0.25) is 0 Å². The largest absolute Gasteiger partial charge is 0.418 e. The van der Waals surface area contributed by atoms with Gasteiger partial charge in [-0.05, 0) is 31.2 Å². The molecular weight excluding hydrogens is 267 g/mol. The van der Waals surface area contributed by atoms with Crippen molar-refractivity contribution in [1.82, 2.24) is 0 Å². The van der Waals surface area contributed by atoms with Crippen molar-refractivity contribution in [2.45, 2.75) is 13.1 Å². The van der Waals surface area contributed by atoms with E-state index in [0.29, 0.717) is 11.1 Å². The normalized spacial score (nSPS) is 11.2. The van der Waals surface area contributed by atoms with Crippen molar-refractivity contribution >= 4 is 11.6 Å². The van der Waals surface area contributed by atoms with Crippen molar-refractivity contribution < 1.29 is 18.0 Å². The van der Waals surface area contributed by atoms with E-state index in [9.17, 15) is 18.0 Å².